The predicted octanol–water partition coefficient (Wildman–Crippen LogP) is 4.65. The molecule has 3 rings (SSSR count). The Bertz CT molecular complexity index is 860. The van der Waals surface area contributed by atoms with Gasteiger partial charge in [-0.3, -0.25) is 9.48 Å². The number of amides is 1. The molecule has 0 bridgehead atoms. The summed E-state index contributed by atoms with van der Waals surface area (Å²) in [5.74, 6) is -0.308. The van der Waals surface area contributed by atoms with E-state index in [0.717, 1.165) is 5.56 Å². The Morgan fingerprint density at radius 3 is 2.57 bits per heavy atom. The van der Waals surface area contributed by atoms with E-state index in [4.69, 9.17) is 23.2 Å². The van der Waals surface area contributed by atoms with E-state index in [1.54, 1.807) is 36.1 Å². The summed E-state index contributed by atoms with van der Waals surface area (Å²) in [6, 6.07) is 14.4. The van der Waals surface area contributed by atoms with Gasteiger partial charge in [0, 0.05) is 23.8 Å². The lowest BCUT2D eigenvalue weighted by Crippen LogP contribution is -2.12. The van der Waals surface area contributed by atoms with Gasteiger partial charge in [-0.15, -0.1) is 0 Å². The zero-order chi connectivity index (χ0) is 16.4. The van der Waals surface area contributed by atoms with Crippen LogP contribution in [0.1, 0.15) is 10.4 Å². The number of halogens is 2. The fourth-order valence-corrected chi connectivity index (χ4v) is 2.75. The molecule has 116 valence electrons. The fourth-order valence-electron chi connectivity index (χ4n) is 2.25. The molecule has 0 saturated heterocycles. The van der Waals surface area contributed by atoms with E-state index in [9.17, 15) is 4.79 Å². The van der Waals surface area contributed by atoms with E-state index in [2.05, 4.69) is 10.4 Å². The minimum absolute atomic E-state index is 0.306. The molecule has 0 atom stereocenters. The van der Waals surface area contributed by atoms with Crippen LogP contribution in [0.3, 0.4) is 0 Å². The molecule has 3 aromatic rings. The Balaban J connectivity index is 1.93. The number of rotatable bonds is 3. The van der Waals surface area contributed by atoms with Crippen molar-refractivity contribution in [2.24, 2.45) is 7.05 Å². The Labute approximate surface area is 143 Å². The number of hydrogen-bond acceptors (Lipinski definition) is 2. The molecule has 0 fully saturated rings. The van der Waals surface area contributed by atoms with Gasteiger partial charge in [0.15, 0.2) is 0 Å². The van der Waals surface area contributed by atoms with Crippen LogP contribution < -0.4 is 5.32 Å². The van der Waals surface area contributed by atoms with Crippen molar-refractivity contribution in [3.63, 3.8) is 0 Å². The molecule has 4 nitrogen and oxygen atoms in total. The topological polar surface area (TPSA) is 46.9 Å². The summed E-state index contributed by atoms with van der Waals surface area (Å²) >= 11 is 11.9. The van der Waals surface area contributed by atoms with E-state index in [0.29, 0.717) is 27.0 Å². The summed E-state index contributed by atoms with van der Waals surface area (Å²) in [6.45, 7) is 0. The molecule has 1 N–H and O–H groups in total. The van der Waals surface area contributed by atoms with Crippen LogP contribution in [0.4, 0.5) is 5.69 Å². The van der Waals surface area contributed by atoms with Gasteiger partial charge < -0.3 is 5.32 Å². The number of aromatic nitrogens is 2. The standard InChI is InChI=1S/C17H13Cl2N3O/c1-22-10-15(16(21-22)11-5-3-2-4-6-11)20-17(23)13-8-7-12(18)9-14(13)19/h2-10H,1H3,(H,20,23). The highest BCUT2D eigenvalue weighted by Gasteiger charge is 2.16. The van der Waals surface area contributed by atoms with Crippen molar-refractivity contribution in [1.82, 2.24) is 9.78 Å². The Morgan fingerprint density at radius 2 is 1.87 bits per heavy atom. The number of hydrogen-bond donors (Lipinski definition) is 1. The smallest absolute Gasteiger partial charge is 0.257 e. The van der Waals surface area contributed by atoms with Crippen molar-refractivity contribution in [2.45, 2.75) is 0 Å². The van der Waals surface area contributed by atoms with Crippen LogP contribution in [0.15, 0.2) is 54.7 Å². The molecule has 0 aliphatic heterocycles. The number of nitrogens with zero attached hydrogens (tertiary/aromatic N) is 2. The highest BCUT2D eigenvalue weighted by atomic mass is 35.5. The van der Waals surface area contributed by atoms with E-state index < -0.39 is 0 Å². The van der Waals surface area contributed by atoms with Crippen LogP contribution in [0.2, 0.25) is 10.0 Å². The summed E-state index contributed by atoms with van der Waals surface area (Å²) in [6.07, 6.45) is 1.75. The summed E-state index contributed by atoms with van der Waals surface area (Å²) in [5, 5.41) is 8.06. The SMILES string of the molecule is Cn1cc(NC(=O)c2ccc(Cl)cc2Cl)c(-c2ccccc2)n1. The first-order valence-corrected chi connectivity index (χ1v) is 7.65. The Morgan fingerprint density at radius 1 is 1.13 bits per heavy atom. The molecule has 6 heteroatoms. The van der Waals surface area contributed by atoms with Gasteiger partial charge in [0.2, 0.25) is 0 Å². The van der Waals surface area contributed by atoms with Gasteiger partial charge in [-0.25, -0.2) is 0 Å². The van der Waals surface area contributed by atoms with Gasteiger partial charge in [-0.1, -0.05) is 53.5 Å². The predicted molar refractivity (Wildman–Crippen MR) is 93.1 cm³/mol. The molecule has 1 amide bonds. The molecule has 0 aliphatic rings. The van der Waals surface area contributed by atoms with Crippen molar-refractivity contribution < 1.29 is 4.79 Å². The lowest BCUT2D eigenvalue weighted by atomic mass is 10.1. The Hall–Kier alpha value is -2.30. The summed E-state index contributed by atoms with van der Waals surface area (Å²) in [5.41, 5.74) is 2.60. The molecule has 0 spiro atoms. The van der Waals surface area contributed by atoms with E-state index in [-0.39, 0.29) is 5.91 Å². The van der Waals surface area contributed by atoms with Crippen LogP contribution in [0.5, 0.6) is 0 Å². The summed E-state index contributed by atoms with van der Waals surface area (Å²) < 4.78 is 1.65. The first kappa shape index (κ1) is 15.6. The maximum Gasteiger partial charge on any atom is 0.257 e. The average molecular weight is 346 g/mol. The number of carbonyl (C=O) groups is 1. The third-order valence-electron chi connectivity index (χ3n) is 3.30. The van der Waals surface area contributed by atoms with Gasteiger partial charge in [0.25, 0.3) is 5.91 Å². The summed E-state index contributed by atoms with van der Waals surface area (Å²) in [4.78, 5) is 12.5. The zero-order valence-electron chi connectivity index (χ0n) is 12.3. The fraction of sp³-hybridized carbons (Fsp3) is 0.0588. The van der Waals surface area contributed by atoms with Gasteiger partial charge in [0.05, 0.1) is 16.3 Å². The average Bonchev–Trinajstić information content (AvgIpc) is 2.88. The van der Waals surface area contributed by atoms with Gasteiger partial charge >= 0.3 is 0 Å². The molecule has 1 heterocycles. The number of carbonyl (C=O) groups excluding carboxylic acids is 1. The third kappa shape index (κ3) is 3.38. The first-order chi connectivity index (χ1) is 11.0. The van der Waals surface area contributed by atoms with E-state index in [1.807, 2.05) is 30.3 Å². The lowest BCUT2D eigenvalue weighted by molar-refractivity contribution is 0.102. The second kappa shape index (κ2) is 6.44. The lowest BCUT2D eigenvalue weighted by Gasteiger charge is -2.07. The van der Waals surface area contributed by atoms with Crippen LogP contribution >= 0.6 is 23.2 Å². The van der Waals surface area contributed by atoms with E-state index >= 15 is 0 Å². The molecular weight excluding hydrogens is 333 g/mol. The number of anilines is 1. The largest absolute Gasteiger partial charge is 0.319 e. The van der Waals surface area contributed by atoms with Crippen LogP contribution in [-0.2, 0) is 7.05 Å². The minimum atomic E-state index is -0.308. The molecule has 1 aromatic heterocycles. The molecule has 0 radical (unpaired) electrons. The van der Waals surface area contributed by atoms with Crippen LogP contribution in [0.25, 0.3) is 11.3 Å². The molecule has 23 heavy (non-hydrogen) atoms. The number of nitrogens with one attached hydrogen (secondary N) is 1. The highest BCUT2D eigenvalue weighted by Crippen LogP contribution is 2.27. The normalized spacial score (nSPS) is 10.6. The molecule has 0 aliphatic carbocycles. The molecular formula is C17H13Cl2N3O. The van der Waals surface area contributed by atoms with Gasteiger partial charge in [-0.2, -0.15) is 5.10 Å². The van der Waals surface area contributed by atoms with Crippen molar-refractivity contribution >= 4 is 34.8 Å². The maximum atomic E-state index is 12.5. The second-order valence-electron chi connectivity index (χ2n) is 5.01. The summed E-state index contributed by atoms with van der Waals surface area (Å²) in [7, 11) is 1.80. The molecule has 0 unspecified atom stereocenters. The molecule has 0 saturated carbocycles. The van der Waals surface area contributed by atoms with Gasteiger partial charge in [0.1, 0.15) is 5.69 Å². The van der Waals surface area contributed by atoms with Crippen molar-refractivity contribution in [1.29, 1.82) is 0 Å². The second-order valence-corrected chi connectivity index (χ2v) is 5.85. The highest BCUT2D eigenvalue weighted by molar-refractivity contribution is 6.37. The van der Waals surface area contributed by atoms with Crippen LogP contribution in [-0.4, -0.2) is 15.7 Å². The Kier molecular flexibility index (Phi) is 4.37. The number of aryl methyl sites for hydroxylation is 1. The third-order valence-corrected chi connectivity index (χ3v) is 3.85. The van der Waals surface area contributed by atoms with Crippen LogP contribution in [0, 0.1) is 0 Å². The van der Waals surface area contributed by atoms with Gasteiger partial charge in [-0.05, 0) is 18.2 Å². The first-order valence-electron chi connectivity index (χ1n) is 6.90. The molecule has 2 aromatic carbocycles. The maximum absolute atomic E-state index is 12.5. The van der Waals surface area contributed by atoms with Crippen molar-refractivity contribution in [3.05, 3.63) is 70.3 Å². The number of benzene rings is 2. The minimum Gasteiger partial charge on any atom is -0.319 e. The zero-order valence-corrected chi connectivity index (χ0v) is 13.8. The monoisotopic (exact) mass is 345 g/mol. The quantitative estimate of drug-likeness (QED) is 0.751. The van der Waals surface area contributed by atoms with Crippen molar-refractivity contribution in [3.8, 4) is 11.3 Å². The van der Waals surface area contributed by atoms with Crippen molar-refractivity contribution in [2.75, 3.05) is 5.32 Å². The van der Waals surface area contributed by atoms with E-state index in [1.165, 1.54) is 0 Å².